The predicted molar refractivity (Wildman–Crippen MR) is 77.5 cm³/mol. The van der Waals surface area contributed by atoms with Gasteiger partial charge >= 0.3 is 0 Å². The molecule has 2 rings (SSSR count). The molecule has 2 N–H and O–H groups in total. The van der Waals surface area contributed by atoms with Gasteiger partial charge in [-0.1, -0.05) is 28.1 Å². The molecule has 1 atom stereocenters. The molecule has 0 saturated carbocycles. The third-order valence-electron chi connectivity index (χ3n) is 3.56. The molecule has 0 aliphatic carbocycles. The fourth-order valence-electron chi connectivity index (χ4n) is 2.58. The highest BCUT2D eigenvalue weighted by Crippen LogP contribution is 2.30. The molecule has 100 valence electrons. The van der Waals surface area contributed by atoms with Crippen molar-refractivity contribution in [3.63, 3.8) is 0 Å². The minimum atomic E-state index is 0.0371. The average molecular weight is 313 g/mol. The van der Waals surface area contributed by atoms with Gasteiger partial charge in [-0.05, 0) is 31.5 Å². The van der Waals surface area contributed by atoms with Crippen LogP contribution in [0.15, 0.2) is 28.7 Å². The first kappa shape index (κ1) is 14.0. The van der Waals surface area contributed by atoms with E-state index in [2.05, 4.69) is 58.9 Å². The molecule has 1 aliphatic rings. The van der Waals surface area contributed by atoms with E-state index >= 15 is 0 Å². The van der Waals surface area contributed by atoms with Crippen molar-refractivity contribution in [3.05, 3.63) is 34.3 Å². The second-order valence-corrected chi connectivity index (χ2v) is 6.28. The Balaban J connectivity index is 2.24. The largest absolute Gasteiger partial charge is 0.378 e. The number of ether oxygens (including phenoxy) is 1. The van der Waals surface area contributed by atoms with Gasteiger partial charge in [0.2, 0.25) is 0 Å². The summed E-state index contributed by atoms with van der Waals surface area (Å²) in [4.78, 5) is 2.46. The number of benzene rings is 1. The van der Waals surface area contributed by atoms with Gasteiger partial charge in [0, 0.05) is 29.1 Å². The summed E-state index contributed by atoms with van der Waals surface area (Å²) in [5.74, 6) is 0. The number of hydrogen-bond donors (Lipinski definition) is 1. The van der Waals surface area contributed by atoms with Gasteiger partial charge < -0.3 is 10.5 Å². The van der Waals surface area contributed by atoms with Crippen molar-refractivity contribution in [2.24, 2.45) is 5.73 Å². The van der Waals surface area contributed by atoms with Crippen molar-refractivity contribution >= 4 is 15.9 Å². The number of morpholine rings is 1. The molecule has 0 bridgehead atoms. The highest BCUT2D eigenvalue weighted by molar-refractivity contribution is 9.10. The van der Waals surface area contributed by atoms with Crippen LogP contribution in [0.5, 0.6) is 0 Å². The topological polar surface area (TPSA) is 38.5 Å². The number of rotatable bonds is 3. The monoisotopic (exact) mass is 312 g/mol. The van der Waals surface area contributed by atoms with Crippen LogP contribution in [0.1, 0.15) is 25.5 Å². The van der Waals surface area contributed by atoms with Gasteiger partial charge in [0.15, 0.2) is 0 Å². The summed E-state index contributed by atoms with van der Waals surface area (Å²) in [6, 6.07) is 8.70. The normalized spacial score (nSPS) is 21.8. The molecule has 18 heavy (non-hydrogen) atoms. The lowest BCUT2D eigenvalue weighted by Gasteiger charge is -2.46. The van der Waals surface area contributed by atoms with Gasteiger partial charge in [0.1, 0.15) is 0 Å². The summed E-state index contributed by atoms with van der Waals surface area (Å²) in [5.41, 5.74) is 7.31. The maximum atomic E-state index is 6.00. The van der Waals surface area contributed by atoms with Crippen LogP contribution in [0, 0.1) is 0 Å². The maximum Gasteiger partial charge on any atom is 0.0645 e. The van der Waals surface area contributed by atoms with E-state index in [9.17, 15) is 0 Å². The molecule has 1 aromatic rings. The molecule has 4 heteroatoms. The fraction of sp³-hybridized carbons (Fsp3) is 0.571. The Labute approximate surface area is 117 Å². The molecule has 1 aliphatic heterocycles. The van der Waals surface area contributed by atoms with Crippen LogP contribution < -0.4 is 5.73 Å². The molecule has 0 amide bonds. The second-order valence-electron chi connectivity index (χ2n) is 5.36. The van der Waals surface area contributed by atoms with Gasteiger partial charge in [0.05, 0.1) is 13.2 Å². The van der Waals surface area contributed by atoms with E-state index in [-0.39, 0.29) is 11.6 Å². The summed E-state index contributed by atoms with van der Waals surface area (Å²) in [5, 5.41) is 0. The van der Waals surface area contributed by atoms with Crippen LogP contribution in [0.3, 0.4) is 0 Å². The molecular weight excluding hydrogens is 292 g/mol. The van der Waals surface area contributed by atoms with Crippen molar-refractivity contribution < 1.29 is 4.74 Å². The lowest BCUT2D eigenvalue weighted by atomic mass is 9.96. The maximum absolute atomic E-state index is 6.00. The quantitative estimate of drug-likeness (QED) is 0.932. The summed E-state index contributed by atoms with van der Waals surface area (Å²) in [7, 11) is 0. The van der Waals surface area contributed by atoms with Crippen molar-refractivity contribution in [2.75, 3.05) is 26.3 Å². The Hall–Kier alpha value is -0.420. The number of hydrogen-bond acceptors (Lipinski definition) is 3. The van der Waals surface area contributed by atoms with Crippen molar-refractivity contribution in [2.45, 2.75) is 25.4 Å². The number of nitrogens with two attached hydrogens (primary N) is 1. The Morgan fingerprint density at radius 3 is 2.61 bits per heavy atom. The number of halogens is 1. The van der Waals surface area contributed by atoms with Crippen LogP contribution in [-0.2, 0) is 4.74 Å². The summed E-state index contributed by atoms with van der Waals surface area (Å²) in [6.07, 6.45) is 0. The predicted octanol–water partition coefficient (Wildman–Crippen LogP) is 2.56. The van der Waals surface area contributed by atoms with Gasteiger partial charge in [-0.25, -0.2) is 0 Å². The van der Waals surface area contributed by atoms with Crippen LogP contribution in [-0.4, -0.2) is 36.7 Å². The summed E-state index contributed by atoms with van der Waals surface area (Å²) in [6.45, 7) is 7.55. The zero-order chi connectivity index (χ0) is 13.2. The standard InChI is InChI=1S/C14H21BrN2O/c1-14(2)10-18-8-7-17(14)13(9-16)11-3-5-12(15)6-4-11/h3-6,13H,7-10,16H2,1-2H3. The molecule has 3 nitrogen and oxygen atoms in total. The lowest BCUT2D eigenvalue weighted by Crippen LogP contribution is -2.55. The molecular formula is C14H21BrN2O. The van der Waals surface area contributed by atoms with E-state index < -0.39 is 0 Å². The Morgan fingerprint density at radius 1 is 1.39 bits per heavy atom. The van der Waals surface area contributed by atoms with Crippen molar-refractivity contribution in [3.8, 4) is 0 Å². The van der Waals surface area contributed by atoms with E-state index in [0.29, 0.717) is 6.54 Å². The average Bonchev–Trinajstić information content (AvgIpc) is 2.34. The second kappa shape index (κ2) is 5.70. The van der Waals surface area contributed by atoms with Crippen LogP contribution >= 0.6 is 15.9 Å². The Bertz CT molecular complexity index is 391. The molecule has 1 unspecified atom stereocenters. The van der Waals surface area contributed by atoms with Gasteiger partial charge in [-0.15, -0.1) is 0 Å². The van der Waals surface area contributed by atoms with E-state index in [1.54, 1.807) is 0 Å². The van der Waals surface area contributed by atoms with Crippen molar-refractivity contribution in [1.29, 1.82) is 0 Å². The molecule has 0 spiro atoms. The van der Waals surface area contributed by atoms with Gasteiger partial charge in [-0.2, -0.15) is 0 Å². The lowest BCUT2D eigenvalue weighted by molar-refractivity contribution is -0.0712. The minimum absolute atomic E-state index is 0.0371. The smallest absolute Gasteiger partial charge is 0.0645 e. The highest BCUT2D eigenvalue weighted by Gasteiger charge is 2.35. The zero-order valence-electron chi connectivity index (χ0n) is 11.0. The molecule has 1 heterocycles. The van der Waals surface area contributed by atoms with Gasteiger partial charge in [-0.3, -0.25) is 4.90 Å². The SMILES string of the molecule is CC1(C)COCCN1C(CN)c1ccc(Br)cc1. The van der Waals surface area contributed by atoms with Crippen molar-refractivity contribution in [1.82, 2.24) is 4.90 Å². The van der Waals surface area contributed by atoms with E-state index in [1.807, 2.05) is 0 Å². The molecule has 0 aromatic heterocycles. The number of nitrogens with zero attached hydrogens (tertiary/aromatic N) is 1. The third-order valence-corrected chi connectivity index (χ3v) is 4.09. The van der Waals surface area contributed by atoms with E-state index in [4.69, 9.17) is 10.5 Å². The fourth-order valence-corrected chi connectivity index (χ4v) is 2.84. The molecule has 1 aromatic carbocycles. The Morgan fingerprint density at radius 2 is 2.06 bits per heavy atom. The molecule has 1 saturated heterocycles. The van der Waals surface area contributed by atoms with Gasteiger partial charge in [0.25, 0.3) is 0 Å². The van der Waals surface area contributed by atoms with Crippen LogP contribution in [0.4, 0.5) is 0 Å². The van der Waals surface area contributed by atoms with E-state index in [1.165, 1.54) is 5.56 Å². The highest BCUT2D eigenvalue weighted by atomic mass is 79.9. The third kappa shape index (κ3) is 2.94. The molecule has 0 radical (unpaired) electrons. The van der Waals surface area contributed by atoms with Crippen LogP contribution in [0.2, 0.25) is 0 Å². The zero-order valence-corrected chi connectivity index (χ0v) is 12.6. The van der Waals surface area contributed by atoms with E-state index in [0.717, 1.165) is 24.2 Å². The Kier molecular flexibility index (Phi) is 4.43. The first-order valence-electron chi connectivity index (χ1n) is 6.34. The summed E-state index contributed by atoms with van der Waals surface area (Å²) < 4.78 is 6.67. The first-order valence-corrected chi connectivity index (χ1v) is 7.14. The first-order chi connectivity index (χ1) is 8.54. The summed E-state index contributed by atoms with van der Waals surface area (Å²) >= 11 is 3.47. The van der Waals surface area contributed by atoms with Crippen LogP contribution in [0.25, 0.3) is 0 Å². The minimum Gasteiger partial charge on any atom is -0.378 e. The molecule has 1 fully saturated rings.